The first kappa shape index (κ1) is 12.9. The molecule has 1 heterocycles. The molecule has 0 bridgehead atoms. The fraction of sp³-hybridized carbons (Fsp3) is 0.364. The number of carbonyl (C=O) groups is 1. The molecule has 1 aliphatic heterocycles. The van der Waals surface area contributed by atoms with Crippen LogP contribution < -0.4 is 0 Å². The Hall–Kier alpha value is -1.50. The van der Waals surface area contributed by atoms with Crippen LogP contribution in [0, 0.1) is 15.9 Å². The molecule has 0 spiro atoms. The van der Waals surface area contributed by atoms with Crippen molar-refractivity contribution in [3.63, 3.8) is 0 Å². The van der Waals surface area contributed by atoms with Crippen molar-refractivity contribution in [1.82, 2.24) is 4.90 Å². The zero-order valence-corrected chi connectivity index (χ0v) is 10.9. The third-order valence-corrected chi connectivity index (χ3v) is 3.55. The molecule has 1 aromatic rings. The number of rotatable bonds is 2. The number of benzene rings is 1. The molecule has 18 heavy (non-hydrogen) atoms. The highest BCUT2D eigenvalue weighted by Gasteiger charge is 2.29. The molecule has 7 heteroatoms. The second kappa shape index (κ2) is 5.01. The van der Waals surface area contributed by atoms with E-state index in [0.717, 1.165) is 24.6 Å². The third-order valence-electron chi connectivity index (χ3n) is 2.80. The molecule has 1 unspecified atom stereocenters. The second-order valence-corrected chi connectivity index (χ2v) is 5.35. The van der Waals surface area contributed by atoms with E-state index in [-0.39, 0.29) is 10.4 Å². The summed E-state index contributed by atoms with van der Waals surface area (Å²) in [6.45, 7) is 1.05. The highest BCUT2D eigenvalue weighted by molar-refractivity contribution is 9.09. The van der Waals surface area contributed by atoms with Gasteiger partial charge in [0.05, 0.1) is 11.0 Å². The van der Waals surface area contributed by atoms with Crippen LogP contribution >= 0.6 is 15.9 Å². The van der Waals surface area contributed by atoms with Gasteiger partial charge in [0.2, 0.25) is 0 Å². The highest BCUT2D eigenvalue weighted by Crippen LogP contribution is 2.24. The van der Waals surface area contributed by atoms with Gasteiger partial charge in [0.25, 0.3) is 11.6 Å². The Morgan fingerprint density at radius 1 is 1.56 bits per heavy atom. The lowest BCUT2D eigenvalue weighted by Crippen LogP contribution is -2.29. The van der Waals surface area contributed by atoms with Gasteiger partial charge in [-0.1, -0.05) is 15.9 Å². The lowest BCUT2D eigenvalue weighted by molar-refractivity contribution is -0.385. The fourth-order valence-corrected chi connectivity index (χ4v) is 2.46. The monoisotopic (exact) mass is 316 g/mol. The van der Waals surface area contributed by atoms with E-state index in [2.05, 4.69) is 15.9 Å². The minimum absolute atomic E-state index is 0.0667. The minimum Gasteiger partial charge on any atom is -0.337 e. The van der Waals surface area contributed by atoms with Gasteiger partial charge in [0.15, 0.2) is 0 Å². The number of alkyl halides is 1. The minimum atomic E-state index is -0.738. The molecule has 1 amide bonds. The maximum Gasteiger partial charge on any atom is 0.285 e. The Morgan fingerprint density at radius 2 is 2.28 bits per heavy atom. The zero-order chi connectivity index (χ0) is 13.3. The summed E-state index contributed by atoms with van der Waals surface area (Å²) < 4.78 is 13.0. The van der Waals surface area contributed by atoms with Crippen LogP contribution in [0.15, 0.2) is 18.2 Å². The average Bonchev–Trinajstić information content (AvgIpc) is 2.75. The van der Waals surface area contributed by atoms with Gasteiger partial charge in [-0.3, -0.25) is 14.9 Å². The molecule has 2 rings (SSSR count). The number of amides is 1. The molecule has 1 aliphatic rings. The van der Waals surface area contributed by atoms with Crippen molar-refractivity contribution in [1.29, 1.82) is 0 Å². The van der Waals surface area contributed by atoms with Crippen molar-refractivity contribution in [2.45, 2.75) is 11.2 Å². The zero-order valence-electron chi connectivity index (χ0n) is 9.31. The molecule has 5 nitrogen and oxygen atoms in total. The quantitative estimate of drug-likeness (QED) is 0.478. The smallest absolute Gasteiger partial charge is 0.285 e. The van der Waals surface area contributed by atoms with Crippen LogP contribution in [-0.4, -0.2) is 33.6 Å². The molecule has 0 N–H and O–H groups in total. The predicted molar refractivity (Wildman–Crippen MR) is 66.3 cm³/mol. The average molecular weight is 317 g/mol. The van der Waals surface area contributed by atoms with E-state index >= 15 is 0 Å². The van der Waals surface area contributed by atoms with Gasteiger partial charge < -0.3 is 4.90 Å². The summed E-state index contributed by atoms with van der Waals surface area (Å²) in [5.41, 5.74) is -0.555. The Labute approximate surface area is 111 Å². The normalized spacial score (nSPS) is 19.0. The standard InChI is InChI=1S/C11H10BrFN2O3/c12-7-3-4-14(6-7)11(16)9-2-1-8(13)5-10(9)15(17)18/h1-2,5,7H,3-4,6H2. The van der Waals surface area contributed by atoms with Crippen molar-refractivity contribution in [3.05, 3.63) is 39.7 Å². The lowest BCUT2D eigenvalue weighted by atomic mass is 10.1. The van der Waals surface area contributed by atoms with Crippen LogP contribution in [0.1, 0.15) is 16.8 Å². The van der Waals surface area contributed by atoms with Crippen LogP contribution in [0.3, 0.4) is 0 Å². The molecule has 96 valence electrons. The van der Waals surface area contributed by atoms with Crippen molar-refractivity contribution >= 4 is 27.5 Å². The topological polar surface area (TPSA) is 63.4 Å². The number of hydrogen-bond donors (Lipinski definition) is 0. The molecule has 0 saturated carbocycles. The third kappa shape index (κ3) is 2.50. The first-order valence-electron chi connectivity index (χ1n) is 5.36. The van der Waals surface area contributed by atoms with Gasteiger partial charge in [-0.05, 0) is 18.6 Å². The van der Waals surface area contributed by atoms with Crippen LogP contribution in [0.4, 0.5) is 10.1 Å². The van der Waals surface area contributed by atoms with Crippen LogP contribution in [-0.2, 0) is 0 Å². The van der Waals surface area contributed by atoms with E-state index < -0.39 is 22.3 Å². The van der Waals surface area contributed by atoms with E-state index in [4.69, 9.17) is 0 Å². The highest BCUT2D eigenvalue weighted by atomic mass is 79.9. The molecular weight excluding hydrogens is 307 g/mol. The Balaban J connectivity index is 2.33. The summed E-state index contributed by atoms with van der Waals surface area (Å²) in [4.78, 5) is 23.9. The molecule has 1 atom stereocenters. The summed E-state index contributed by atoms with van der Waals surface area (Å²) in [7, 11) is 0. The van der Waals surface area contributed by atoms with Crippen LogP contribution in [0.5, 0.6) is 0 Å². The molecule has 0 aliphatic carbocycles. The number of nitro groups is 1. The number of nitro benzene ring substituents is 1. The van der Waals surface area contributed by atoms with Gasteiger partial charge in [-0.25, -0.2) is 4.39 Å². The van der Waals surface area contributed by atoms with Gasteiger partial charge in [-0.2, -0.15) is 0 Å². The number of carbonyl (C=O) groups excluding carboxylic acids is 1. The number of likely N-dealkylation sites (tertiary alicyclic amines) is 1. The van der Waals surface area contributed by atoms with Crippen molar-refractivity contribution in [2.75, 3.05) is 13.1 Å². The molecule has 0 aromatic heterocycles. The Kier molecular flexibility index (Phi) is 3.60. The first-order chi connectivity index (χ1) is 8.49. The van der Waals surface area contributed by atoms with E-state index in [1.807, 2.05) is 0 Å². The number of hydrogen-bond acceptors (Lipinski definition) is 3. The largest absolute Gasteiger partial charge is 0.337 e. The Morgan fingerprint density at radius 3 is 2.83 bits per heavy atom. The lowest BCUT2D eigenvalue weighted by Gasteiger charge is -2.15. The van der Waals surface area contributed by atoms with E-state index in [9.17, 15) is 19.3 Å². The van der Waals surface area contributed by atoms with Gasteiger partial charge >= 0.3 is 0 Å². The summed E-state index contributed by atoms with van der Waals surface area (Å²) in [6.07, 6.45) is 0.806. The van der Waals surface area contributed by atoms with E-state index in [0.29, 0.717) is 13.1 Å². The summed E-state index contributed by atoms with van der Waals surface area (Å²) in [6, 6.07) is 2.99. The summed E-state index contributed by atoms with van der Waals surface area (Å²) in [5.74, 6) is -1.15. The summed E-state index contributed by atoms with van der Waals surface area (Å²) >= 11 is 3.39. The van der Waals surface area contributed by atoms with Crippen molar-refractivity contribution in [3.8, 4) is 0 Å². The van der Waals surface area contributed by atoms with Gasteiger partial charge in [-0.15, -0.1) is 0 Å². The SMILES string of the molecule is O=C(c1ccc(F)cc1[N+](=O)[O-])N1CCC(Br)C1. The second-order valence-electron chi connectivity index (χ2n) is 4.06. The maximum absolute atomic E-state index is 13.0. The Bertz CT molecular complexity index is 509. The molecule has 0 radical (unpaired) electrons. The first-order valence-corrected chi connectivity index (χ1v) is 6.28. The number of halogens is 2. The van der Waals surface area contributed by atoms with Crippen molar-refractivity contribution in [2.24, 2.45) is 0 Å². The predicted octanol–water partition coefficient (Wildman–Crippen LogP) is 2.34. The van der Waals surface area contributed by atoms with Gasteiger partial charge in [0.1, 0.15) is 11.4 Å². The molecule has 1 aromatic carbocycles. The van der Waals surface area contributed by atoms with Crippen molar-refractivity contribution < 1.29 is 14.1 Å². The van der Waals surface area contributed by atoms with Gasteiger partial charge in [0, 0.05) is 17.9 Å². The van der Waals surface area contributed by atoms with E-state index in [1.165, 1.54) is 4.90 Å². The van der Waals surface area contributed by atoms with Crippen LogP contribution in [0.25, 0.3) is 0 Å². The molecular formula is C11H10BrFN2O3. The molecule has 1 saturated heterocycles. The van der Waals surface area contributed by atoms with Crippen LogP contribution in [0.2, 0.25) is 0 Å². The maximum atomic E-state index is 13.0. The molecule has 1 fully saturated rings. The number of nitrogens with zero attached hydrogens (tertiary/aromatic N) is 2. The summed E-state index contributed by atoms with van der Waals surface area (Å²) in [5, 5.41) is 10.8. The van der Waals surface area contributed by atoms with E-state index in [1.54, 1.807) is 0 Å². The fourth-order valence-electron chi connectivity index (χ4n) is 1.91.